The van der Waals surface area contributed by atoms with Crippen LogP contribution in [-0.4, -0.2) is 48.2 Å². The van der Waals surface area contributed by atoms with E-state index in [1.54, 1.807) is 6.20 Å². The Morgan fingerprint density at radius 3 is 2.46 bits per heavy atom. The standard InChI is InChI=1S/C21H32N6O/c1-2-27-19(15-25-14-11-22-16-25)23-24-20(27)17-9-12-26(13-10-17)21(28)18-7-5-3-4-6-8-18/h11,14,16-18H,2-10,12-13,15H2,1H3. The molecule has 4 rings (SSSR count). The molecule has 28 heavy (non-hydrogen) atoms. The molecule has 1 aliphatic carbocycles. The van der Waals surface area contributed by atoms with Crippen molar-refractivity contribution >= 4 is 5.91 Å². The summed E-state index contributed by atoms with van der Waals surface area (Å²) in [6.07, 6.45) is 14.7. The lowest BCUT2D eigenvalue weighted by Crippen LogP contribution is -2.41. The van der Waals surface area contributed by atoms with E-state index in [9.17, 15) is 4.79 Å². The first-order valence-corrected chi connectivity index (χ1v) is 10.9. The lowest BCUT2D eigenvalue weighted by atomic mass is 9.93. The summed E-state index contributed by atoms with van der Waals surface area (Å²) in [7, 11) is 0. The molecule has 0 aromatic carbocycles. The molecule has 2 aromatic heterocycles. The lowest BCUT2D eigenvalue weighted by Gasteiger charge is -2.34. The Morgan fingerprint density at radius 2 is 1.82 bits per heavy atom. The smallest absolute Gasteiger partial charge is 0.225 e. The van der Waals surface area contributed by atoms with Crippen LogP contribution in [0.5, 0.6) is 0 Å². The quantitative estimate of drug-likeness (QED) is 0.742. The molecule has 1 amide bonds. The fraction of sp³-hybridized carbons (Fsp3) is 0.714. The van der Waals surface area contributed by atoms with Gasteiger partial charge in [0.2, 0.25) is 5.91 Å². The number of aromatic nitrogens is 5. The first-order valence-electron chi connectivity index (χ1n) is 10.9. The number of likely N-dealkylation sites (tertiary alicyclic amines) is 1. The first kappa shape index (κ1) is 19.2. The Hall–Kier alpha value is -2.18. The monoisotopic (exact) mass is 384 g/mol. The van der Waals surface area contributed by atoms with Crippen molar-refractivity contribution in [2.45, 2.75) is 77.3 Å². The third-order valence-corrected chi connectivity index (χ3v) is 6.43. The number of rotatable bonds is 5. The van der Waals surface area contributed by atoms with E-state index in [1.807, 2.05) is 17.1 Å². The number of piperidine rings is 1. The third-order valence-electron chi connectivity index (χ3n) is 6.43. The zero-order valence-corrected chi connectivity index (χ0v) is 17.0. The molecule has 2 aliphatic rings. The maximum Gasteiger partial charge on any atom is 0.225 e. The summed E-state index contributed by atoms with van der Waals surface area (Å²) < 4.78 is 4.27. The summed E-state index contributed by atoms with van der Waals surface area (Å²) >= 11 is 0. The van der Waals surface area contributed by atoms with E-state index in [2.05, 4.69) is 31.6 Å². The number of hydrogen-bond donors (Lipinski definition) is 0. The summed E-state index contributed by atoms with van der Waals surface area (Å²) in [6, 6.07) is 0. The topological polar surface area (TPSA) is 68.8 Å². The van der Waals surface area contributed by atoms with Gasteiger partial charge in [-0.05, 0) is 32.6 Å². The molecule has 7 nitrogen and oxygen atoms in total. The molecular formula is C21H32N6O. The molecule has 0 unspecified atom stereocenters. The highest BCUT2D eigenvalue weighted by molar-refractivity contribution is 5.79. The molecule has 2 fully saturated rings. The number of carbonyl (C=O) groups excluding carboxylic acids is 1. The fourth-order valence-corrected chi connectivity index (χ4v) is 4.80. The number of imidazole rings is 1. The maximum atomic E-state index is 12.9. The summed E-state index contributed by atoms with van der Waals surface area (Å²) in [6.45, 7) is 5.42. The predicted molar refractivity (Wildman–Crippen MR) is 107 cm³/mol. The van der Waals surface area contributed by atoms with Crippen molar-refractivity contribution in [2.24, 2.45) is 5.92 Å². The van der Waals surface area contributed by atoms with E-state index < -0.39 is 0 Å². The van der Waals surface area contributed by atoms with Crippen LogP contribution in [0.3, 0.4) is 0 Å². The van der Waals surface area contributed by atoms with Crippen LogP contribution < -0.4 is 0 Å². The Labute approximate surface area is 167 Å². The van der Waals surface area contributed by atoms with Gasteiger partial charge in [-0.3, -0.25) is 4.79 Å². The summed E-state index contributed by atoms with van der Waals surface area (Å²) in [4.78, 5) is 19.2. The van der Waals surface area contributed by atoms with Crippen LogP contribution >= 0.6 is 0 Å². The minimum absolute atomic E-state index is 0.264. The van der Waals surface area contributed by atoms with Crippen LogP contribution in [0.15, 0.2) is 18.7 Å². The van der Waals surface area contributed by atoms with Gasteiger partial charge in [0.15, 0.2) is 5.82 Å². The molecular weight excluding hydrogens is 352 g/mol. The Balaban J connectivity index is 1.38. The van der Waals surface area contributed by atoms with Gasteiger partial charge in [-0.1, -0.05) is 25.7 Å². The molecule has 2 aromatic rings. The zero-order valence-electron chi connectivity index (χ0n) is 17.0. The van der Waals surface area contributed by atoms with Crippen LogP contribution in [0.2, 0.25) is 0 Å². The highest BCUT2D eigenvalue weighted by Crippen LogP contribution is 2.30. The molecule has 0 spiro atoms. The van der Waals surface area contributed by atoms with Gasteiger partial charge in [0, 0.05) is 43.9 Å². The zero-order chi connectivity index (χ0) is 19.3. The predicted octanol–water partition coefficient (Wildman–Crippen LogP) is 3.22. The average molecular weight is 385 g/mol. The summed E-state index contributed by atoms with van der Waals surface area (Å²) in [5.74, 6) is 3.12. The normalized spacial score (nSPS) is 19.7. The van der Waals surface area contributed by atoms with Gasteiger partial charge in [0.05, 0.1) is 12.9 Å². The minimum atomic E-state index is 0.264. The molecule has 1 saturated carbocycles. The van der Waals surface area contributed by atoms with Crippen molar-refractivity contribution in [3.63, 3.8) is 0 Å². The number of amides is 1. The van der Waals surface area contributed by atoms with Gasteiger partial charge in [-0.15, -0.1) is 10.2 Å². The third kappa shape index (κ3) is 4.13. The second-order valence-electron chi connectivity index (χ2n) is 8.24. The van der Waals surface area contributed by atoms with E-state index in [4.69, 9.17) is 0 Å². The van der Waals surface area contributed by atoms with Crippen LogP contribution in [0.25, 0.3) is 0 Å². The van der Waals surface area contributed by atoms with E-state index in [1.165, 1.54) is 25.7 Å². The molecule has 7 heteroatoms. The van der Waals surface area contributed by atoms with E-state index in [0.29, 0.717) is 18.4 Å². The van der Waals surface area contributed by atoms with Crippen LogP contribution in [0.1, 0.15) is 75.9 Å². The van der Waals surface area contributed by atoms with E-state index in [-0.39, 0.29) is 5.92 Å². The molecule has 152 valence electrons. The Kier molecular flexibility index (Phi) is 6.07. The molecule has 1 saturated heterocycles. The Bertz CT molecular complexity index is 752. The highest BCUT2D eigenvalue weighted by atomic mass is 16.2. The van der Waals surface area contributed by atoms with Gasteiger partial charge >= 0.3 is 0 Å². The SMILES string of the molecule is CCn1c(Cn2ccnc2)nnc1C1CCN(C(=O)C2CCCCCC2)CC1. The number of hydrogen-bond acceptors (Lipinski definition) is 4. The van der Waals surface area contributed by atoms with Gasteiger partial charge in [-0.25, -0.2) is 4.98 Å². The minimum Gasteiger partial charge on any atom is -0.342 e. The van der Waals surface area contributed by atoms with Gasteiger partial charge < -0.3 is 14.0 Å². The largest absolute Gasteiger partial charge is 0.342 e. The van der Waals surface area contributed by atoms with Crippen molar-refractivity contribution in [3.05, 3.63) is 30.4 Å². The van der Waals surface area contributed by atoms with Crippen molar-refractivity contribution in [2.75, 3.05) is 13.1 Å². The highest BCUT2D eigenvalue weighted by Gasteiger charge is 2.31. The summed E-state index contributed by atoms with van der Waals surface area (Å²) in [5.41, 5.74) is 0. The van der Waals surface area contributed by atoms with Crippen LogP contribution in [-0.2, 0) is 17.9 Å². The molecule has 3 heterocycles. The van der Waals surface area contributed by atoms with Gasteiger partial charge in [0.1, 0.15) is 5.82 Å². The van der Waals surface area contributed by atoms with E-state index in [0.717, 1.165) is 57.0 Å². The maximum absolute atomic E-state index is 12.9. The van der Waals surface area contributed by atoms with Crippen molar-refractivity contribution in [1.29, 1.82) is 0 Å². The van der Waals surface area contributed by atoms with Crippen LogP contribution in [0, 0.1) is 5.92 Å². The molecule has 0 atom stereocenters. The number of carbonyl (C=O) groups is 1. The summed E-state index contributed by atoms with van der Waals surface area (Å²) in [5, 5.41) is 9.00. The average Bonchev–Trinajstić information content (AvgIpc) is 3.30. The molecule has 0 radical (unpaired) electrons. The first-order chi connectivity index (χ1) is 13.8. The van der Waals surface area contributed by atoms with Gasteiger partial charge in [0.25, 0.3) is 0 Å². The molecule has 1 aliphatic heterocycles. The fourth-order valence-electron chi connectivity index (χ4n) is 4.80. The van der Waals surface area contributed by atoms with Crippen molar-refractivity contribution in [3.8, 4) is 0 Å². The van der Waals surface area contributed by atoms with Crippen LogP contribution in [0.4, 0.5) is 0 Å². The number of nitrogens with zero attached hydrogens (tertiary/aromatic N) is 6. The second-order valence-corrected chi connectivity index (χ2v) is 8.24. The Morgan fingerprint density at radius 1 is 1.07 bits per heavy atom. The molecule has 0 N–H and O–H groups in total. The van der Waals surface area contributed by atoms with Gasteiger partial charge in [-0.2, -0.15) is 0 Å². The lowest BCUT2D eigenvalue weighted by molar-refractivity contribution is -0.137. The second kappa shape index (κ2) is 8.88. The molecule has 0 bridgehead atoms. The van der Waals surface area contributed by atoms with Crippen molar-refractivity contribution < 1.29 is 4.79 Å². The van der Waals surface area contributed by atoms with E-state index >= 15 is 0 Å². The van der Waals surface area contributed by atoms with Crippen molar-refractivity contribution in [1.82, 2.24) is 29.2 Å².